The molecule has 1 atom stereocenters. The first-order chi connectivity index (χ1) is 7.04. The minimum atomic E-state index is -0.746. The van der Waals surface area contributed by atoms with E-state index in [2.05, 4.69) is 6.07 Å². The summed E-state index contributed by atoms with van der Waals surface area (Å²) in [7, 11) is 0. The second-order valence-electron chi connectivity index (χ2n) is 3.98. The summed E-state index contributed by atoms with van der Waals surface area (Å²) in [4.78, 5) is 0. The molecule has 78 valence electrons. The lowest BCUT2D eigenvalue weighted by Crippen LogP contribution is -2.43. The van der Waals surface area contributed by atoms with Crippen LogP contribution in [-0.2, 0) is 12.8 Å². The van der Waals surface area contributed by atoms with Crippen LogP contribution in [0.15, 0.2) is 12.1 Å². The highest BCUT2D eigenvalue weighted by molar-refractivity contribution is 6.42. The van der Waals surface area contributed by atoms with Crippen LogP contribution in [0.1, 0.15) is 17.5 Å². The highest BCUT2D eigenvalue weighted by Crippen LogP contribution is 2.32. The van der Waals surface area contributed by atoms with E-state index >= 15 is 0 Å². The lowest BCUT2D eigenvalue weighted by Gasteiger charge is -2.28. The van der Waals surface area contributed by atoms with Gasteiger partial charge in [-0.05, 0) is 36.1 Å². The van der Waals surface area contributed by atoms with Gasteiger partial charge in [0.1, 0.15) is 5.54 Å². The maximum atomic E-state index is 8.97. The van der Waals surface area contributed by atoms with Gasteiger partial charge in [-0.25, -0.2) is 0 Å². The maximum absolute atomic E-state index is 8.97. The van der Waals surface area contributed by atoms with Gasteiger partial charge in [-0.1, -0.05) is 23.2 Å². The molecule has 2 nitrogen and oxygen atoms in total. The van der Waals surface area contributed by atoms with Crippen molar-refractivity contribution in [1.29, 1.82) is 5.26 Å². The molecule has 15 heavy (non-hydrogen) atoms. The van der Waals surface area contributed by atoms with Crippen molar-refractivity contribution in [3.63, 3.8) is 0 Å². The van der Waals surface area contributed by atoms with E-state index in [0.29, 0.717) is 22.9 Å². The van der Waals surface area contributed by atoms with Crippen LogP contribution in [0.25, 0.3) is 0 Å². The van der Waals surface area contributed by atoms with E-state index in [-0.39, 0.29) is 0 Å². The smallest absolute Gasteiger partial charge is 0.108 e. The third-order valence-electron chi connectivity index (χ3n) is 2.81. The zero-order chi connectivity index (χ0) is 11.1. The Kier molecular flexibility index (Phi) is 2.64. The minimum Gasteiger partial charge on any atom is -0.313 e. The van der Waals surface area contributed by atoms with Gasteiger partial charge in [0.05, 0.1) is 16.1 Å². The van der Waals surface area contributed by atoms with Crippen LogP contribution in [0.4, 0.5) is 0 Å². The molecule has 2 rings (SSSR count). The van der Waals surface area contributed by atoms with Gasteiger partial charge in [0.2, 0.25) is 0 Å². The lowest BCUT2D eigenvalue weighted by atomic mass is 9.79. The second kappa shape index (κ2) is 3.68. The van der Waals surface area contributed by atoms with E-state index in [1.54, 1.807) is 0 Å². The fourth-order valence-corrected chi connectivity index (χ4v) is 2.28. The molecule has 1 unspecified atom stereocenters. The Morgan fingerprint density at radius 1 is 1.27 bits per heavy atom. The Morgan fingerprint density at radius 2 is 1.87 bits per heavy atom. The summed E-state index contributed by atoms with van der Waals surface area (Å²) < 4.78 is 0. The highest BCUT2D eigenvalue weighted by atomic mass is 35.5. The van der Waals surface area contributed by atoms with E-state index in [9.17, 15) is 0 Å². The number of hydrogen-bond donors (Lipinski definition) is 1. The predicted octanol–water partition coefficient (Wildman–Crippen LogP) is 2.70. The molecular weight excluding hydrogens is 231 g/mol. The Bertz CT molecular complexity index is 451. The number of fused-ring (bicyclic) bond motifs is 1. The molecule has 0 radical (unpaired) electrons. The quantitative estimate of drug-likeness (QED) is 0.759. The summed E-state index contributed by atoms with van der Waals surface area (Å²) in [6, 6.07) is 5.84. The molecule has 4 heteroatoms. The molecule has 0 aromatic heterocycles. The number of nitrogens with two attached hydrogens (primary N) is 1. The number of nitrogens with zero attached hydrogens (tertiary/aromatic N) is 1. The normalized spacial score (nSPS) is 24.4. The number of rotatable bonds is 0. The van der Waals surface area contributed by atoms with Crippen molar-refractivity contribution in [2.45, 2.75) is 24.8 Å². The lowest BCUT2D eigenvalue weighted by molar-refractivity contribution is 0.470. The number of benzene rings is 1. The van der Waals surface area contributed by atoms with Crippen molar-refractivity contribution >= 4 is 23.2 Å². The van der Waals surface area contributed by atoms with Crippen LogP contribution in [0.5, 0.6) is 0 Å². The average molecular weight is 241 g/mol. The van der Waals surface area contributed by atoms with Crippen LogP contribution < -0.4 is 5.73 Å². The van der Waals surface area contributed by atoms with Gasteiger partial charge in [0.15, 0.2) is 0 Å². The molecule has 1 aliphatic rings. The van der Waals surface area contributed by atoms with E-state index in [1.165, 1.54) is 0 Å². The number of hydrogen-bond acceptors (Lipinski definition) is 2. The molecule has 2 N–H and O–H groups in total. The third-order valence-corrected chi connectivity index (χ3v) is 3.53. The molecule has 0 amide bonds. The van der Waals surface area contributed by atoms with E-state index in [0.717, 1.165) is 17.5 Å². The van der Waals surface area contributed by atoms with Gasteiger partial charge in [0, 0.05) is 6.42 Å². The van der Waals surface area contributed by atoms with Gasteiger partial charge in [-0.15, -0.1) is 0 Å². The molecule has 0 aliphatic heterocycles. The Balaban J connectivity index is 2.43. The zero-order valence-electron chi connectivity index (χ0n) is 8.06. The molecule has 0 saturated carbocycles. The summed E-state index contributed by atoms with van der Waals surface area (Å²) in [5.74, 6) is 0. The van der Waals surface area contributed by atoms with Crippen molar-refractivity contribution in [3.05, 3.63) is 33.3 Å². The second-order valence-corrected chi connectivity index (χ2v) is 4.79. The predicted molar refractivity (Wildman–Crippen MR) is 61.0 cm³/mol. The standard InChI is InChI=1S/C11H10Cl2N2/c12-9-3-7-1-2-11(15,6-14)5-8(7)4-10(9)13/h3-4H,1-2,5,15H2. The molecule has 1 aromatic rings. The Hall–Kier alpha value is -0.750. The van der Waals surface area contributed by atoms with Crippen LogP contribution in [0, 0.1) is 11.3 Å². The molecule has 1 aromatic carbocycles. The third kappa shape index (κ3) is 1.96. The average Bonchev–Trinajstić information content (AvgIpc) is 2.21. The van der Waals surface area contributed by atoms with Crippen LogP contribution in [0.2, 0.25) is 10.0 Å². The number of nitriles is 1. The molecule has 0 heterocycles. The van der Waals surface area contributed by atoms with Crippen molar-refractivity contribution < 1.29 is 0 Å². The fraction of sp³-hybridized carbons (Fsp3) is 0.364. The van der Waals surface area contributed by atoms with E-state index in [1.807, 2.05) is 12.1 Å². The van der Waals surface area contributed by atoms with Gasteiger partial charge in [0.25, 0.3) is 0 Å². The summed E-state index contributed by atoms with van der Waals surface area (Å²) in [5, 5.41) is 10.1. The van der Waals surface area contributed by atoms with Crippen molar-refractivity contribution in [2.24, 2.45) is 5.73 Å². The van der Waals surface area contributed by atoms with Crippen molar-refractivity contribution in [2.75, 3.05) is 0 Å². The van der Waals surface area contributed by atoms with Crippen LogP contribution in [0.3, 0.4) is 0 Å². The Labute approximate surface area is 98.6 Å². The summed E-state index contributed by atoms with van der Waals surface area (Å²) in [6.45, 7) is 0. The molecular formula is C11H10Cl2N2. The SMILES string of the molecule is N#CC1(N)CCc2cc(Cl)c(Cl)cc2C1. The molecule has 0 fully saturated rings. The molecule has 0 spiro atoms. The molecule has 0 bridgehead atoms. The van der Waals surface area contributed by atoms with Gasteiger partial charge in [-0.3, -0.25) is 0 Å². The fourth-order valence-electron chi connectivity index (χ4n) is 1.91. The maximum Gasteiger partial charge on any atom is 0.108 e. The largest absolute Gasteiger partial charge is 0.313 e. The summed E-state index contributed by atoms with van der Waals surface area (Å²) in [5.41, 5.74) is 7.37. The zero-order valence-corrected chi connectivity index (χ0v) is 9.57. The first-order valence-electron chi connectivity index (χ1n) is 4.71. The number of aryl methyl sites for hydroxylation is 1. The van der Waals surface area contributed by atoms with Gasteiger partial charge >= 0.3 is 0 Å². The van der Waals surface area contributed by atoms with Gasteiger partial charge < -0.3 is 5.73 Å². The van der Waals surface area contributed by atoms with Crippen LogP contribution in [-0.4, -0.2) is 5.54 Å². The first-order valence-corrected chi connectivity index (χ1v) is 5.47. The molecule has 1 aliphatic carbocycles. The monoisotopic (exact) mass is 240 g/mol. The highest BCUT2D eigenvalue weighted by Gasteiger charge is 2.30. The minimum absolute atomic E-state index is 0.526. The first kappa shape index (κ1) is 10.8. The summed E-state index contributed by atoms with van der Waals surface area (Å²) in [6.07, 6.45) is 2.01. The van der Waals surface area contributed by atoms with Gasteiger partial charge in [-0.2, -0.15) is 5.26 Å². The van der Waals surface area contributed by atoms with Crippen molar-refractivity contribution in [1.82, 2.24) is 0 Å². The van der Waals surface area contributed by atoms with E-state index in [4.69, 9.17) is 34.2 Å². The topological polar surface area (TPSA) is 49.8 Å². The number of halogens is 2. The van der Waals surface area contributed by atoms with Crippen molar-refractivity contribution in [3.8, 4) is 6.07 Å². The molecule has 0 saturated heterocycles. The summed E-state index contributed by atoms with van der Waals surface area (Å²) >= 11 is 11.8. The Morgan fingerprint density at radius 3 is 2.47 bits per heavy atom. The van der Waals surface area contributed by atoms with Crippen LogP contribution >= 0.6 is 23.2 Å². The van der Waals surface area contributed by atoms with E-state index < -0.39 is 5.54 Å².